The molecule has 0 spiro atoms. The normalized spacial score (nSPS) is 11.3. The molecule has 0 aromatic heterocycles. The fraction of sp³-hybridized carbons (Fsp3) is 0.500. The van der Waals surface area contributed by atoms with Crippen LogP contribution in [0.2, 0.25) is 0 Å². The molecule has 2 aromatic rings. The molecular formula is C24H40. The Hall–Kier alpha value is -1.56. The fourth-order valence-electron chi connectivity index (χ4n) is 2.61. The lowest BCUT2D eigenvalue weighted by Gasteiger charge is -2.20. The highest BCUT2D eigenvalue weighted by Gasteiger charge is 2.14. The van der Waals surface area contributed by atoms with Crippen molar-refractivity contribution in [3.05, 3.63) is 71.8 Å². The molecule has 0 saturated heterocycles. The van der Waals surface area contributed by atoms with E-state index in [1.165, 1.54) is 24.0 Å². The van der Waals surface area contributed by atoms with Crippen LogP contribution in [0.4, 0.5) is 0 Å². The van der Waals surface area contributed by atoms with Gasteiger partial charge in [-0.05, 0) is 35.8 Å². The zero-order valence-corrected chi connectivity index (χ0v) is 17.3. The van der Waals surface area contributed by atoms with Crippen LogP contribution in [0.1, 0.15) is 91.2 Å². The first kappa shape index (κ1) is 24.7. The summed E-state index contributed by atoms with van der Waals surface area (Å²) in [5, 5.41) is 0. The molecule has 0 radical (unpaired) electrons. The first-order valence-electron chi connectivity index (χ1n) is 9.91. The van der Waals surface area contributed by atoms with Crippen molar-refractivity contribution >= 4 is 0 Å². The summed E-state index contributed by atoms with van der Waals surface area (Å²) in [5.74, 6) is 1.29. The molecule has 0 heterocycles. The lowest BCUT2D eigenvalue weighted by atomic mass is 9.85. The summed E-state index contributed by atoms with van der Waals surface area (Å²) in [5.41, 5.74) is 2.93. The van der Waals surface area contributed by atoms with Crippen LogP contribution in [-0.2, 0) is 0 Å². The fourth-order valence-corrected chi connectivity index (χ4v) is 2.61. The van der Waals surface area contributed by atoms with Crippen LogP contribution < -0.4 is 0 Å². The first-order chi connectivity index (χ1) is 11.8. The van der Waals surface area contributed by atoms with E-state index < -0.39 is 0 Å². The Morgan fingerprint density at radius 1 is 0.625 bits per heavy atom. The summed E-state index contributed by atoms with van der Waals surface area (Å²) in [4.78, 5) is 0. The summed E-state index contributed by atoms with van der Waals surface area (Å²) < 4.78 is 0. The predicted molar refractivity (Wildman–Crippen MR) is 113 cm³/mol. The maximum Gasteiger partial charge on any atom is -0.0159 e. The SMILES string of the molecule is CC.CC.CC.CCC(CC(C)c1ccccc1)c1ccccc1. The van der Waals surface area contributed by atoms with Gasteiger partial charge in [0.1, 0.15) is 0 Å². The predicted octanol–water partition coefficient (Wildman–Crippen LogP) is 8.45. The molecule has 0 fully saturated rings. The van der Waals surface area contributed by atoms with Crippen molar-refractivity contribution < 1.29 is 0 Å². The highest BCUT2D eigenvalue weighted by molar-refractivity contribution is 5.23. The van der Waals surface area contributed by atoms with Gasteiger partial charge in [0, 0.05) is 0 Å². The van der Waals surface area contributed by atoms with Gasteiger partial charge in [-0.25, -0.2) is 0 Å². The summed E-state index contributed by atoms with van der Waals surface area (Å²) in [6, 6.07) is 21.7. The second kappa shape index (κ2) is 17.8. The van der Waals surface area contributed by atoms with Gasteiger partial charge in [-0.3, -0.25) is 0 Å². The van der Waals surface area contributed by atoms with Crippen molar-refractivity contribution in [1.82, 2.24) is 0 Å². The van der Waals surface area contributed by atoms with Crippen LogP contribution in [0, 0.1) is 0 Å². The summed E-state index contributed by atoms with van der Waals surface area (Å²) in [6.45, 7) is 16.6. The van der Waals surface area contributed by atoms with Gasteiger partial charge >= 0.3 is 0 Å². The van der Waals surface area contributed by atoms with Crippen LogP contribution in [0.25, 0.3) is 0 Å². The quantitative estimate of drug-likeness (QED) is 0.516. The Balaban J connectivity index is 0. The highest BCUT2D eigenvalue weighted by atomic mass is 14.2. The highest BCUT2D eigenvalue weighted by Crippen LogP contribution is 2.31. The van der Waals surface area contributed by atoms with E-state index in [0.29, 0.717) is 11.8 Å². The molecule has 0 bridgehead atoms. The Kier molecular flexibility index (Phi) is 18.3. The van der Waals surface area contributed by atoms with Gasteiger partial charge in [-0.2, -0.15) is 0 Å². The van der Waals surface area contributed by atoms with Crippen LogP contribution >= 0.6 is 0 Å². The van der Waals surface area contributed by atoms with Crippen molar-refractivity contribution in [2.45, 2.75) is 80.1 Å². The molecule has 0 aliphatic heterocycles. The molecule has 0 heteroatoms. The maximum atomic E-state index is 2.33. The maximum absolute atomic E-state index is 2.33. The second-order valence-electron chi connectivity index (χ2n) is 5.06. The van der Waals surface area contributed by atoms with Crippen molar-refractivity contribution in [3.63, 3.8) is 0 Å². The topological polar surface area (TPSA) is 0 Å². The Labute approximate surface area is 152 Å². The Morgan fingerprint density at radius 3 is 1.38 bits per heavy atom. The van der Waals surface area contributed by atoms with Gasteiger partial charge in [0.05, 0.1) is 0 Å². The van der Waals surface area contributed by atoms with E-state index in [4.69, 9.17) is 0 Å². The van der Waals surface area contributed by atoms with Gasteiger partial charge in [0.2, 0.25) is 0 Å². The smallest absolute Gasteiger partial charge is 0.0159 e. The molecule has 136 valence electrons. The minimum Gasteiger partial charge on any atom is -0.0683 e. The minimum atomic E-state index is 0.622. The van der Waals surface area contributed by atoms with E-state index in [1.54, 1.807) is 0 Å². The summed E-state index contributed by atoms with van der Waals surface area (Å²) >= 11 is 0. The standard InChI is InChI=1S/C18H22.3C2H6/c1-3-16(18-12-8-5-9-13-18)14-15(2)17-10-6-4-7-11-17;3*1-2/h4-13,15-16H,3,14H2,1-2H3;3*1-2H3. The van der Waals surface area contributed by atoms with E-state index in [0.717, 1.165) is 0 Å². The molecule has 2 atom stereocenters. The third-order valence-electron chi connectivity index (χ3n) is 3.77. The van der Waals surface area contributed by atoms with E-state index in [1.807, 2.05) is 41.5 Å². The van der Waals surface area contributed by atoms with Crippen molar-refractivity contribution in [2.24, 2.45) is 0 Å². The zero-order chi connectivity index (χ0) is 18.8. The van der Waals surface area contributed by atoms with Gasteiger partial charge in [-0.15, -0.1) is 0 Å². The van der Waals surface area contributed by atoms with Crippen LogP contribution in [-0.4, -0.2) is 0 Å². The van der Waals surface area contributed by atoms with E-state index in [2.05, 4.69) is 74.5 Å². The number of hydrogen-bond donors (Lipinski definition) is 0. The van der Waals surface area contributed by atoms with Crippen LogP contribution in [0.5, 0.6) is 0 Å². The van der Waals surface area contributed by atoms with Gasteiger partial charge < -0.3 is 0 Å². The lowest BCUT2D eigenvalue weighted by Crippen LogP contribution is -2.03. The molecule has 2 rings (SSSR count). The molecule has 0 nitrogen and oxygen atoms in total. The lowest BCUT2D eigenvalue weighted by molar-refractivity contribution is 0.544. The largest absolute Gasteiger partial charge is 0.0683 e. The van der Waals surface area contributed by atoms with Gasteiger partial charge in [0.15, 0.2) is 0 Å². The minimum absolute atomic E-state index is 0.622. The number of benzene rings is 2. The Bertz CT molecular complexity index is 444. The molecular weight excluding hydrogens is 288 g/mol. The van der Waals surface area contributed by atoms with Crippen molar-refractivity contribution in [1.29, 1.82) is 0 Å². The zero-order valence-electron chi connectivity index (χ0n) is 17.3. The van der Waals surface area contributed by atoms with Crippen molar-refractivity contribution in [3.8, 4) is 0 Å². The average Bonchev–Trinajstić information content (AvgIpc) is 2.72. The number of hydrogen-bond acceptors (Lipinski definition) is 0. The third-order valence-corrected chi connectivity index (χ3v) is 3.77. The van der Waals surface area contributed by atoms with E-state index in [-0.39, 0.29) is 0 Å². The molecule has 0 saturated carbocycles. The van der Waals surface area contributed by atoms with E-state index >= 15 is 0 Å². The van der Waals surface area contributed by atoms with Crippen LogP contribution in [0.3, 0.4) is 0 Å². The molecule has 0 aliphatic rings. The van der Waals surface area contributed by atoms with E-state index in [9.17, 15) is 0 Å². The molecule has 0 N–H and O–H groups in total. The van der Waals surface area contributed by atoms with Gasteiger partial charge in [0.25, 0.3) is 0 Å². The number of rotatable bonds is 5. The molecule has 24 heavy (non-hydrogen) atoms. The Morgan fingerprint density at radius 2 is 1.00 bits per heavy atom. The molecule has 0 amide bonds. The monoisotopic (exact) mass is 328 g/mol. The summed E-state index contributed by atoms with van der Waals surface area (Å²) in [6.07, 6.45) is 2.44. The molecule has 0 aliphatic carbocycles. The van der Waals surface area contributed by atoms with Gasteiger partial charge in [-0.1, -0.05) is 116 Å². The molecule has 2 unspecified atom stereocenters. The second-order valence-corrected chi connectivity index (χ2v) is 5.06. The van der Waals surface area contributed by atoms with Crippen molar-refractivity contribution in [2.75, 3.05) is 0 Å². The van der Waals surface area contributed by atoms with Crippen LogP contribution in [0.15, 0.2) is 60.7 Å². The summed E-state index contributed by atoms with van der Waals surface area (Å²) in [7, 11) is 0. The average molecular weight is 329 g/mol. The molecule has 2 aromatic carbocycles. The first-order valence-corrected chi connectivity index (χ1v) is 9.91. The third kappa shape index (κ3) is 9.55.